The molecule has 3 aromatic rings. The Hall–Kier alpha value is -2.27. The monoisotopic (exact) mass is 484 g/mol. The summed E-state index contributed by atoms with van der Waals surface area (Å²) in [5.41, 5.74) is 2.57. The van der Waals surface area contributed by atoms with Crippen molar-refractivity contribution in [2.45, 2.75) is 51.7 Å². The third-order valence-corrected chi connectivity index (χ3v) is 6.75. The predicted molar refractivity (Wildman–Crippen MR) is 134 cm³/mol. The smallest absolute Gasteiger partial charge is 0.157 e. The van der Waals surface area contributed by atoms with Gasteiger partial charge in [0.05, 0.1) is 18.2 Å². The van der Waals surface area contributed by atoms with Gasteiger partial charge in [0.1, 0.15) is 11.6 Å². The van der Waals surface area contributed by atoms with E-state index in [1.165, 1.54) is 12.1 Å². The first-order chi connectivity index (χ1) is 16.5. The van der Waals surface area contributed by atoms with Crippen molar-refractivity contribution in [2.75, 3.05) is 13.2 Å². The Morgan fingerprint density at radius 2 is 1.68 bits per heavy atom. The number of hydrogen-bond acceptors (Lipinski definition) is 2. The van der Waals surface area contributed by atoms with Crippen molar-refractivity contribution in [1.82, 2.24) is 0 Å². The van der Waals surface area contributed by atoms with Gasteiger partial charge in [-0.05, 0) is 73.2 Å². The van der Waals surface area contributed by atoms with Crippen LogP contribution in [0.4, 0.5) is 8.78 Å². The molecule has 0 aromatic heterocycles. The Bertz CT molecular complexity index is 1140. The lowest BCUT2D eigenvalue weighted by molar-refractivity contribution is -0.203. The second-order valence-corrected chi connectivity index (χ2v) is 9.40. The first kappa shape index (κ1) is 24.8. The minimum Gasteiger partial charge on any atom is -0.352 e. The summed E-state index contributed by atoms with van der Waals surface area (Å²) in [6.07, 6.45) is 8.87. The summed E-state index contributed by atoms with van der Waals surface area (Å²) >= 11 is 5.74. The lowest BCUT2D eigenvalue weighted by Gasteiger charge is -2.29. The molecule has 180 valence electrons. The summed E-state index contributed by atoms with van der Waals surface area (Å²) in [6, 6.07) is 14.4. The van der Waals surface area contributed by atoms with Crippen molar-refractivity contribution in [2.24, 2.45) is 5.92 Å². The van der Waals surface area contributed by atoms with Gasteiger partial charge < -0.3 is 9.47 Å². The molecule has 0 atom stereocenters. The molecule has 0 unspecified atom stereocenters. The number of benzene rings is 3. The molecule has 0 amide bonds. The molecule has 0 spiro atoms. The highest BCUT2D eigenvalue weighted by Crippen LogP contribution is 2.26. The fourth-order valence-electron chi connectivity index (χ4n) is 4.41. The molecular formula is C29H31ClF2O2. The van der Waals surface area contributed by atoms with Crippen LogP contribution in [0, 0.1) is 17.6 Å². The Morgan fingerprint density at radius 1 is 0.912 bits per heavy atom. The SMILES string of the molecule is C/C=C/CCC1COC(CCc2ccc3c(F)c(CCc4ccc(Cl)c(F)c4)ccc3c2)OC1. The molecule has 1 aliphatic heterocycles. The van der Waals surface area contributed by atoms with Crippen LogP contribution in [-0.4, -0.2) is 19.5 Å². The van der Waals surface area contributed by atoms with Gasteiger partial charge in [-0.1, -0.05) is 60.2 Å². The van der Waals surface area contributed by atoms with E-state index < -0.39 is 5.82 Å². The molecule has 1 saturated heterocycles. The summed E-state index contributed by atoms with van der Waals surface area (Å²) in [5, 5.41) is 1.59. The van der Waals surface area contributed by atoms with Crippen LogP contribution < -0.4 is 0 Å². The molecule has 0 N–H and O–H groups in total. The van der Waals surface area contributed by atoms with Gasteiger partial charge in [0, 0.05) is 17.7 Å². The van der Waals surface area contributed by atoms with Crippen molar-refractivity contribution in [3.05, 3.63) is 94.0 Å². The standard InChI is InChI=1S/C29H31ClF2O2/c1-2-3-4-5-22-18-33-28(34-19-22)15-9-20-7-13-25-24(16-20)12-11-23(29(25)32)10-6-21-8-14-26(30)27(31)17-21/h2-3,7-8,11-14,16-17,22,28H,4-6,9-10,15,18-19H2,1H3/b3-2+. The van der Waals surface area contributed by atoms with Gasteiger partial charge in [0.15, 0.2) is 6.29 Å². The highest BCUT2D eigenvalue weighted by atomic mass is 35.5. The van der Waals surface area contributed by atoms with E-state index in [4.69, 9.17) is 21.1 Å². The van der Waals surface area contributed by atoms with Gasteiger partial charge in [0.25, 0.3) is 0 Å². The number of rotatable bonds is 9. The molecule has 0 radical (unpaired) electrons. The van der Waals surface area contributed by atoms with E-state index in [0.29, 0.717) is 29.7 Å². The first-order valence-electron chi connectivity index (χ1n) is 12.0. The molecule has 1 heterocycles. The van der Waals surface area contributed by atoms with Crippen LogP contribution in [0.25, 0.3) is 10.8 Å². The van der Waals surface area contributed by atoms with Crippen LogP contribution in [0.3, 0.4) is 0 Å². The Labute approximate surface area is 205 Å². The summed E-state index contributed by atoms with van der Waals surface area (Å²) < 4.78 is 40.6. The zero-order valence-electron chi connectivity index (χ0n) is 19.5. The summed E-state index contributed by atoms with van der Waals surface area (Å²) in [6.45, 7) is 3.53. The maximum absolute atomic E-state index is 15.1. The molecule has 0 aliphatic carbocycles. The highest BCUT2D eigenvalue weighted by molar-refractivity contribution is 6.30. The molecule has 34 heavy (non-hydrogen) atoms. The van der Waals surface area contributed by atoms with Crippen LogP contribution in [0.15, 0.2) is 60.7 Å². The number of halogens is 3. The second kappa shape index (κ2) is 11.9. The van der Waals surface area contributed by atoms with Gasteiger partial charge in [0.2, 0.25) is 0 Å². The van der Waals surface area contributed by atoms with Gasteiger partial charge in [-0.15, -0.1) is 0 Å². The van der Waals surface area contributed by atoms with E-state index in [2.05, 4.69) is 12.2 Å². The topological polar surface area (TPSA) is 18.5 Å². The lowest BCUT2D eigenvalue weighted by atomic mass is 9.98. The summed E-state index contributed by atoms with van der Waals surface area (Å²) in [7, 11) is 0. The molecular weight excluding hydrogens is 454 g/mol. The fourth-order valence-corrected chi connectivity index (χ4v) is 4.53. The van der Waals surface area contributed by atoms with Crippen molar-refractivity contribution >= 4 is 22.4 Å². The molecule has 5 heteroatoms. The Balaban J connectivity index is 1.32. The molecule has 0 saturated carbocycles. The quantitative estimate of drug-likeness (QED) is 0.288. The number of allylic oxidation sites excluding steroid dienone is 2. The maximum atomic E-state index is 15.1. The van der Waals surface area contributed by atoms with Crippen molar-refractivity contribution in [1.29, 1.82) is 0 Å². The van der Waals surface area contributed by atoms with E-state index in [1.54, 1.807) is 6.07 Å². The average molecular weight is 485 g/mol. The first-order valence-corrected chi connectivity index (χ1v) is 12.4. The number of fused-ring (bicyclic) bond motifs is 1. The minimum absolute atomic E-state index is 0.0994. The Kier molecular flexibility index (Phi) is 8.71. The van der Waals surface area contributed by atoms with Crippen LogP contribution in [-0.2, 0) is 28.7 Å². The zero-order valence-corrected chi connectivity index (χ0v) is 20.3. The highest BCUT2D eigenvalue weighted by Gasteiger charge is 2.21. The van der Waals surface area contributed by atoms with Crippen LogP contribution in [0.1, 0.15) is 42.9 Å². The van der Waals surface area contributed by atoms with Crippen LogP contribution in [0.5, 0.6) is 0 Å². The van der Waals surface area contributed by atoms with E-state index in [0.717, 1.165) is 55.4 Å². The normalized spacial score (nSPS) is 18.7. The molecule has 0 bridgehead atoms. The van der Waals surface area contributed by atoms with Crippen LogP contribution >= 0.6 is 11.6 Å². The Morgan fingerprint density at radius 3 is 2.44 bits per heavy atom. The molecule has 3 aromatic carbocycles. The van der Waals surface area contributed by atoms with E-state index >= 15 is 4.39 Å². The number of ether oxygens (including phenoxy) is 2. The fraction of sp³-hybridized carbons (Fsp3) is 0.379. The largest absolute Gasteiger partial charge is 0.352 e. The minimum atomic E-state index is -0.445. The van der Waals surface area contributed by atoms with Gasteiger partial charge in [-0.25, -0.2) is 8.78 Å². The number of aryl methyl sites for hydroxylation is 3. The van der Waals surface area contributed by atoms with Gasteiger partial charge in [-0.3, -0.25) is 0 Å². The lowest BCUT2D eigenvalue weighted by Crippen LogP contribution is -2.32. The molecule has 1 fully saturated rings. The van der Waals surface area contributed by atoms with Crippen molar-refractivity contribution in [3.8, 4) is 0 Å². The average Bonchev–Trinajstić information content (AvgIpc) is 2.85. The summed E-state index contributed by atoms with van der Waals surface area (Å²) in [4.78, 5) is 0. The maximum Gasteiger partial charge on any atom is 0.157 e. The third-order valence-electron chi connectivity index (χ3n) is 6.45. The van der Waals surface area contributed by atoms with Crippen molar-refractivity contribution in [3.63, 3.8) is 0 Å². The predicted octanol–water partition coefficient (Wildman–Crippen LogP) is 7.83. The van der Waals surface area contributed by atoms with E-state index in [-0.39, 0.29) is 17.1 Å². The number of hydrogen-bond donors (Lipinski definition) is 0. The third kappa shape index (κ3) is 6.44. The van der Waals surface area contributed by atoms with Gasteiger partial charge >= 0.3 is 0 Å². The van der Waals surface area contributed by atoms with Gasteiger partial charge in [-0.2, -0.15) is 0 Å². The molecule has 4 rings (SSSR count). The molecule has 1 aliphatic rings. The molecule has 2 nitrogen and oxygen atoms in total. The summed E-state index contributed by atoms with van der Waals surface area (Å²) in [5.74, 6) is -0.190. The van der Waals surface area contributed by atoms with E-state index in [1.807, 2.05) is 37.3 Å². The zero-order chi connectivity index (χ0) is 23.9. The van der Waals surface area contributed by atoms with E-state index in [9.17, 15) is 4.39 Å². The van der Waals surface area contributed by atoms with Crippen molar-refractivity contribution < 1.29 is 18.3 Å². The van der Waals surface area contributed by atoms with Crippen LogP contribution in [0.2, 0.25) is 5.02 Å². The second-order valence-electron chi connectivity index (χ2n) is 8.99.